The van der Waals surface area contributed by atoms with Gasteiger partial charge in [0, 0.05) is 0 Å². The van der Waals surface area contributed by atoms with Gasteiger partial charge in [0.1, 0.15) is 23.8 Å². The van der Waals surface area contributed by atoms with Crippen molar-refractivity contribution in [2.75, 3.05) is 13.2 Å². The Kier molecular flexibility index (Phi) is 5.23. The lowest BCUT2D eigenvalue weighted by Gasteiger charge is -2.29. The van der Waals surface area contributed by atoms with E-state index in [4.69, 9.17) is 26.7 Å². The minimum absolute atomic E-state index is 0.125. The molecule has 2 rings (SSSR count). The molecular formula is C16H24N6O3. The summed E-state index contributed by atoms with van der Waals surface area (Å²) >= 11 is 0. The molecule has 1 aromatic rings. The molecule has 0 amide bonds. The average Bonchev–Trinajstić information content (AvgIpc) is 2.85. The number of nitrogens with one attached hydrogen (secondary N) is 1. The van der Waals surface area contributed by atoms with E-state index in [0.717, 1.165) is 0 Å². The Morgan fingerprint density at radius 2 is 1.80 bits per heavy atom. The molecule has 0 radical (unpaired) electrons. The van der Waals surface area contributed by atoms with E-state index in [1.54, 1.807) is 24.3 Å². The summed E-state index contributed by atoms with van der Waals surface area (Å²) in [5, 5.41) is 32.6. The van der Waals surface area contributed by atoms with Gasteiger partial charge in [-0.1, -0.05) is 0 Å². The molecule has 9 heteroatoms. The standard InChI is InChI=1S/C16H24N6O3/c1-15(2,3)22-14(17)13(12(8-23)21-22)20-10-4-6-11(7-5-10)25-16(18,19)9-24/h4-7,17,23-24H,8-9,18-19H2,1-3H3. The first-order valence-corrected chi connectivity index (χ1v) is 7.71. The van der Waals surface area contributed by atoms with Crippen LogP contribution in [-0.2, 0) is 0 Å². The Hall–Kier alpha value is -2.33. The summed E-state index contributed by atoms with van der Waals surface area (Å²) in [6, 6.07) is 6.49. The third kappa shape index (κ3) is 4.40. The number of hydrogen-bond donors (Lipinski definition) is 5. The summed E-state index contributed by atoms with van der Waals surface area (Å²) in [6.45, 7) is 4.91. The predicted octanol–water partition coefficient (Wildman–Crippen LogP) is 0.141. The number of hydrogen-bond acceptors (Lipinski definition) is 8. The van der Waals surface area contributed by atoms with E-state index in [2.05, 4.69) is 10.1 Å². The number of rotatable bonds is 5. The van der Waals surface area contributed by atoms with Crippen LogP contribution in [0.3, 0.4) is 0 Å². The Balaban J connectivity index is 2.25. The Morgan fingerprint density at radius 1 is 1.20 bits per heavy atom. The monoisotopic (exact) mass is 348 g/mol. The number of aliphatic imine (C=N–C) groups is 1. The van der Waals surface area contributed by atoms with Crippen molar-refractivity contribution < 1.29 is 14.9 Å². The normalized spacial score (nSPS) is 17.2. The maximum Gasteiger partial charge on any atom is 0.236 e. The molecule has 0 saturated heterocycles. The van der Waals surface area contributed by atoms with Crippen molar-refractivity contribution in [3.05, 3.63) is 24.3 Å². The fourth-order valence-electron chi connectivity index (χ4n) is 2.13. The zero-order valence-electron chi connectivity index (χ0n) is 14.5. The summed E-state index contributed by atoms with van der Waals surface area (Å²) < 4.78 is 5.24. The highest BCUT2D eigenvalue weighted by Crippen LogP contribution is 2.24. The molecule has 0 aliphatic carbocycles. The SMILES string of the molecule is CC(C)(C)N1N=C(CO)C(=Nc2ccc(OC(N)(N)CO)cc2)C1=N. The van der Waals surface area contributed by atoms with Crippen LogP contribution in [-0.4, -0.2) is 57.1 Å². The van der Waals surface area contributed by atoms with E-state index >= 15 is 0 Å². The highest BCUT2D eigenvalue weighted by Gasteiger charge is 2.34. The van der Waals surface area contributed by atoms with E-state index in [0.29, 0.717) is 22.9 Å². The highest BCUT2D eigenvalue weighted by atomic mass is 16.5. The van der Waals surface area contributed by atoms with Crippen LogP contribution in [0.4, 0.5) is 5.69 Å². The van der Waals surface area contributed by atoms with Gasteiger partial charge in [-0.3, -0.25) is 16.9 Å². The Morgan fingerprint density at radius 3 is 2.28 bits per heavy atom. The van der Waals surface area contributed by atoms with Crippen LogP contribution in [0, 0.1) is 5.41 Å². The smallest absolute Gasteiger partial charge is 0.236 e. The van der Waals surface area contributed by atoms with Crippen molar-refractivity contribution in [2.24, 2.45) is 21.6 Å². The molecular weight excluding hydrogens is 324 g/mol. The third-order valence-corrected chi connectivity index (χ3v) is 3.35. The molecule has 25 heavy (non-hydrogen) atoms. The summed E-state index contributed by atoms with van der Waals surface area (Å²) in [7, 11) is 0. The fourth-order valence-corrected chi connectivity index (χ4v) is 2.13. The summed E-state index contributed by atoms with van der Waals surface area (Å²) in [5.74, 6) is -1.16. The second kappa shape index (κ2) is 6.89. The number of aliphatic hydroxyl groups excluding tert-OH is 2. The van der Waals surface area contributed by atoms with Gasteiger partial charge in [-0.05, 0) is 45.0 Å². The van der Waals surface area contributed by atoms with Gasteiger partial charge >= 0.3 is 0 Å². The average molecular weight is 348 g/mol. The number of amidine groups is 1. The molecule has 1 aliphatic heterocycles. The van der Waals surface area contributed by atoms with Crippen LogP contribution in [0.25, 0.3) is 0 Å². The van der Waals surface area contributed by atoms with Gasteiger partial charge < -0.3 is 14.9 Å². The molecule has 0 aromatic heterocycles. The third-order valence-electron chi connectivity index (χ3n) is 3.35. The topological polar surface area (TPSA) is 154 Å². The van der Waals surface area contributed by atoms with E-state index in [9.17, 15) is 5.11 Å². The maximum atomic E-state index is 9.51. The first-order chi connectivity index (χ1) is 11.6. The largest absolute Gasteiger partial charge is 0.458 e. The molecule has 1 aliphatic rings. The number of aliphatic hydroxyl groups is 2. The number of nitrogens with zero attached hydrogens (tertiary/aromatic N) is 3. The van der Waals surface area contributed by atoms with Gasteiger partial charge in [0.15, 0.2) is 5.84 Å². The number of hydrazone groups is 1. The van der Waals surface area contributed by atoms with Crippen LogP contribution < -0.4 is 16.2 Å². The van der Waals surface area contributed by atoms with E-state index in [1.165, 1.54) is 5.01 Å². The first kappa shape index (κ1) is 19.0. The minimum Gasteiger partial charge on any atom is -0.458 e. The molecule has 0 spiro atoms. The summed E-state index contributed by atoms with van der Waals surface area (Å²) in [5.41, 5.74) is 11.9. The minimum atomic E-state index is -1.66. The fraction of sp³-hybridized carbons (Fsp3) is 0.438. The second-order valence-corrected chi connectivity index (χ2v) is 6.71. The molecule has 0 saturated carbocycles. The van der Waals surface area contributed by atoms with Gasteiger partial charge in [-0.25, -0.2) is 10.0 Å². The molecule has 0 bridgehead atoms. The number of nitrogens with two attached hydrogens (primary N) is 2. The van der Waals surface area contributed by atoms with Crippen molar-refractivity contribution in [3.63, 3.8) is 0 Å². The van der Waals surface area contributed by atoms with E-state index in [-0.39, 0.29) is 12.4 Å². The zero-order valence-corrected chi connectivity index (χ0v) is 14.5. The molecule has 1 aromatic carbocycles. The Bertz CT molecular complexity index is 704. The van der Waals surface area contributed by atoms with Gasteiger partial charge in [0.2, 0.25) is 5.85 Å². The van der Waals surface area contributed by atoms with Crippen molar-refractivity contribution >= 4 is 22.9 Å². The molecule has 0 atom stereocenters. The molecule has 136 valence electrons. The van der Waals surface area contributed by atoms with Crippen LogP contribution in [0.15, 0.2) is 34.4 Å². The second-order valence-electron chi connectivity index (χ2n) is 6.71. The van der Waals surface area contributed by atoms with Crippen molar-refractivity contribution in [2.45, 2.75) is 32.2 Å². The van der Waals surface area contributed by atoms with Crippen LogP contribution in [0.5, 0.6) is 5.75 Å². The van der Waals surface area contributed by atoms with Crippen molar-refractivity contribution in [1.82, 2.24) is 5.01 Å². The molecule has 7 N–H and O–H groups in total. The first-order valence-electron chi connectivity index (χ1n) is 7.71. The zero-order chi connectivity index (χ0) is 18.8. The lowest BCUT2D eigenvalue weighted by molar-refractivity contribution is 0.0198. The summed E-state index contributed by atoms with van der Waals surface area (Å²) in [4.78, 5) is 4.41. The van der Waals surface area contributed by atoms with Gasteiger partial charge in [-0.15, -0.1) is 0 Å². The van der Waals surface area contributed by atoms with E-state index < -0.39 is 18.0 Å². The van der Waals surface area contributed by atoms with Crippen LogP contribution in [0.1, 0.15) is 20.8 Å². The van der Waals surface area contributed by atoms with Gasteiger partial charge in [0.25, 0.3) is 0 Å². The van der Waals surface area contributed by atoms with Crippen molar-refractivity contribution in [1.29, 1.82) is 5.41 Å². The highest BCUT2D eigenvalue weighted by molar-refractivity contribution is 6.70. The lowest BCUT2D eigenvalue weighted by Crippen LogP contribution is -2.57. The molecule has 1 heterocycles. The van der Waals surface area contributed by atoms with Gasteiger partial charge in [0.05, 0.1) is 17.8 Å². The molecule has 0 unspecified atom stereocenters. The number of ether oxygens (including phenoxy) is 1. The maximum absolute atomic E-state index is 9.51. The molecule has 0 fully saturated rings. The predicted molar refractivity (Wildman–Crippen MR) is 96.2 cm³/mol. The lowest BCUT2D eigenvalue weighted by atomic mass is 10.1. The van der Waals surface area contributed by atoms with E-state index in [1.807, 2.05) is 20.8 Å². The van der Waals surface area contributed by atoms with Crippen molar-refractivity contribution in [3.8, 4) is 5.75 Å². The van der Waals surface area contributed by atoms with Crippen LogP contribution >= 0.6 is 0 Å². The summed E-state index contributed by atoms with van der Waals surface area (Å²) in [6.07, 6.45) is 0. The number of benzene rings is 1. The van der Waals surface area contributed by atoms with Crippen LogP contribution in [0.2, 0.25) is 0 Å². The quantitative estimate of drug-likeness (QED) is 0.477. The molecule has 9 nitrogen and oxygen atoms in total. The van der Waals surface area contributed by atoms with Gasteiger partial charge in [-0.2, -0.15) is 5.10 Å². The Labute approximate surface area is 146 Å².